The van der Waals surface area contributed by atoms with Crippen molar-refractivity contribution < 1.29 is 9.21 Å². The number of rotatable bonds is 5. The molecule has 144 valence electrons. The first-order chi connectivity index (χ1) is 14.2. The second kappa shape index (κ2) is 7.43. The molecule has 0 atom stereocenters. The lowest BCUT2D eigenvalue weighted by Gasteiger charge is -2.02. The molecule has 29 heavy (non-hydrogen) atoms. The number of hydrogen-bond acceptors (Lipinski definition) is 7. The lowest BCUT2D eigenvalue weighted by atomic mass is 10.3. The summed E-state index contributed by atoms with van der Waals surface area (Å²) in [5, 5.41) is 7.35. The van der Waals surface area contributed by atoms with Gasteiger partial charge in [-0.2, -0.15) is 0 Å². The van der Waals surface area contributed by atoms with Crippen molar-refractivity contribution in [2.24, 2.45) is 0 Å². The third-order valence-corrected chi connectivity index (χ3v) is 7.15. The summed E-state index contributed by atoms with van der Waals surface area (Å²) >= 11 is 4.66. The summed E-state index contributed by atoms with van der Waals surface area (Å²) in [6.07, 6.45) is 0. The summed E-state index contributed by atoms with van der Waals surface area (Å²) in [5.74, 6) is -0.887. The van der Waals surface area contributed by atoms with Crippen molar-refractivity contribution in [2.75, 3.05) is 5.32 Å². The van der Waals surface area contributed by atoms with Crippen LogP contribution in [0.5, 0.6) is 0 Å². The Hall–Kier alpha value is -3.01. The van der Waals surface area contributed by atoms with E-state index >= 15 is 0 Å². The highest BCUT2D eigenvalue weighted by atomic mass is 32.1. The summed E-state index contributed by atoms with van der Waals surface area (Å²) in [6, 6.07) is 15.1. The van der Waals surface area contributed by atoms with Gasteiger partial charge < -0.3 is 9.73 Å². The topological polar surface area (TPSA) is 77.1 Å². The van der Waals surface area contributed by atoms with Gasteiger partial charge >= 0.3 is 5.76 Å². The molecule has 0 unspecified atom stereocenters. The number of para-hydroxylation sites is 2. The van der Waals surface area contributed by atoms with Gasteiger partial charge in [0.15, 0.2) is 10.7 Å². The van der Waals surface area contributed by atoms with E-state index in [2.05, 4.69) is 10.3 Å². The molecule has 1 N–H and O–H groups in total. The predicted molar refractivity (Wildman–Crippen MR) is 118 cm³/mol. The van der Waals surface area contributed by atoms with E-state index in [9.17, 15) is 9.59 Å². The third-order valence-electron chi connectivity index (χ3n) is 4.25. The Morgan fingerprint density at radius 2 is 1.79 bits per heavy atom. The highest BCUT2D eigenvalue weighted by Gasteiger charge is 2.19. The molecule has 0 spiro atoms. The summed E-state index contributed by atoms with van der Waals surface area (Å²) in [4.78, 5) is 32.5. The van der Waals surface area contributed by atoms with E-state index in [1.165, 1.54) is 15.9 Å². The Morgan fingerprint density at radius 1 is 1.03 bits per heavy atom. The van der Waals surface area contributed by atoms with Crippen LogP contribution in [0.2, 0.25) is 0 Å². The number of benzene rings is 1. The first-order valence-electron chi connectivity index (χ1n) is 8.66. The lowest BCUT2D eigenvalue weighted by Crippen LogP contribution is -2.24. The fraction of sp³-hybridized carbons (Fsp3) is 0.0500. The second-order valence-electron chi connectivity index (χ2n) is 6.12. The molecule has 0 saturated heterocycles. The average molecular weight is 440 g/mol. The third kappa shape index (κ3) is 3.44. The van der Waals surface area contributed by atoms with Crippen LogP contribution < -0.4 is 11.1 Å². The molecule has 6 nitrogen and oxygen atoms in total. The number of carbonyl (C=O) groups excluding carboxylic acids is 1. The van der Waals surface area contributed by atoms with Crippen LogP contribution in [-0.4, -0.2) is 15.5 Å². The number of nitrogens with one attached hydrogen (secondary N) is 1. The Balaban J connectivity index is 1.44. The number of anilines is 1. The van der Waals surface area contributed by atoms with Crippen molar-refractivity contribution in [2.45, 2.75) is 6.54 Å². The molecule has 1 amide bonds. The number of thiophene rings is 2. The number of oxazole rings is 1. The smallest absolute Gasteiger partial charge is 0.408 e. The summed E-state index contributed by atoms with van der Waals surface area (Å²) in [7, 11) is 0. The number of aromatic nitrogens is 2. The van der Waals surface area contributed by atoms with E-state index in [-0.39, 0.29) is 12.5 Å². The number of nitrogens with zero attached hydrogens (tertiary/aromatic N) is 2. The van der Waals surface area contributed by atoms with Gasteiger partial charge in [-0.05, 0) is 35.0 Å². The van der Waals surface area contributed by atoms with Crippen LogP contribution in [0, 0.1) is 0 Å². The molecule has 4 heterocycles. The maximum atomic E-state index is 12.6. The number of thiazole rings is 1. The van der Waals surface area contributed by atoms with E-state index in [4.69, 9.17) is 4.42 Å². The molecule has 5 rings (SSSR count). The zero-order valence-corrected chi connectivity index (χ0v) is 17.3. The van der Waals surface area contributed by atoms with Crippen LogP contribution in [0.4, 0.5) is 5.13 Å². The summed E-state index contributed by atoms with van der Waals surface area (Å²) in [6.45, 7) is -0.141. The number of carbonyl (C=O) groups is 1. The maximum Gasteiger partial charge on any atom is 0.420 e. The van der Waals surface area contributed by atoms with Crippen LogP contribution in [0.15, 0.2) is 68.5 Å². The standard InChI is InChI=1S/C20H13N3O3S3/c24-16(11-23-12-5-1-2-6-13(12)26-20(23)25)21-19-22-17(14-7-3-9-27-14)18(29-19)15-8-4-10-28-15/h1-10H,11H2,(H,21,22,24). The van der Waals surface area contributed by atoms with Gasteiger partial charge in [-0.25, -0.2) is 9.78 Å². The molecule has 9 heteroatoms. The van der Waals surface area contributed by atoms with Gasteiger partial charge in [-0.15, -0.1) is 22.7 Å². The van der Waals surface area contributed by atoms with Crippen molar-refractivity contribution in [3.05, 3.63) is 69.8 Å². The molecule has 0 saturated carbocycles. The van der Waals surface area contributed by atoms with Crippen LogP contribution in [-0.2, 0) is 11.3 Å². The van der Waals surface area contributed by atoms with E-state index < -0.39 is 5.76 Å². The molecule has 0 radical (unpaired) electrons. The fourth-order valence-corrected chi connectivity index (χ4v) is 5.63. The zero-order valence-electron chi connectivity index (χ0n) is 14.8. The predicted octanol–water partition coefficient (Wildman–Crippen LogP) is 5.15. The van der Waals surface area contributed by atoms with Crippen molar-refractivity contribution in [1.29, 1.82) is 0 Å². The first kappa shape index (κ1) is 18.0. The van der Waals surface area contributed by atoms with Gasteiger partial charge in [0.25, 0.3) is 0 Å². The largest absolute Gasteiger partial charge is 0.420 e. The maximum absolute atomic E-state index is 12.6. The highest BCUT2D eigenvalue weighted by Crippen LogP contribution is 2.42. The van der Waals surface area contributed by atoms with Crippen LogP contribution in [0.3, 0.4) is 0 Å². The average Bonchev–Trinajstić information content (AvgIpc) is 3.49. The Bertz CT molecular complexity index is 1290. The SMILES string of the molecule is O=C(Cn1c(=O)oc2ccccc21)Nc1nc(-c2cccs2)c(-c2cccs2)s1. The van der Waals surface area contributed by atoms with E-state index in [0.29, 0.717) is 16.2 Å². The molecular weight excluding hydrogens is 426 g/mol. The lowest BCUT2D eigenvalue weighted by molar-refractivity contribution is -0.116. The Labute approximate surface area is 176 Å². The Kier molecular flexibility index (Phi) is 4.62. The number of hydrogen-bond donors (Lipinski definition) is 1. The second-order valence-corrected chi connectivity index (χ2v) is 9.02. The minimum absolute atomic E-state index is 0.141. The van der Waals surface area contributed by atoms with Gasteiger partial charge in [0.2, 0.25) is 5.91 Å². The number of amides is 1. The van der Waals surface area contributed by atoms with Gasteiger partial charge in [0.05, 0.1) is 15.3 Å². The van der Waals surface area contributed by atoms with E-state index in [0.717, 1.165) is 20.3 Å². The molecule has 0 aliphatic carbocycles. The van der Waals surface area contributed by atoms with Crippen molar-refractivity contribution in [3.63, 3.8) is 0 Å². The van der Waals surface area contributed by atoms with Crippen LogP contribution in [0.25, 0.3) is 31.4 Å². The van der Waals surface area contributed by atoms with Crippen molar-refractivity contribution >= 4 is 56.1 Å². The molecule has 0 bridgehead atoms. The van der Waals surface area contributed by atoms with E-state index in [1.54, 1.807) is 46.9 Å². The van der Waals surface area contributed by atoms with Gasteiger partial charge in [0.1, 0.15) is 12.2 Å². The monoisotopic (exact) mass is 439 g/mol. The number of fused-ring (bicyclic) bond motifs is 1. The zero-order chi connectivity index (χ0) is 19.8. The minimum Gasteiger partial charge on any atom is -0.408 e. The van der Waals surface area contributed by atoms with Gasteiger partial charge in [0, 0.05) is 4.88 Å². The molecular formula is C20H13N3O3S3. The summed E-state index contributed by atoms with van der Waals surface area (Å²) < 4.78 is 6.51. The Morgan fingerprint density at radius 3 is 2.55 bits per heavy atom. The molecule has 0 fully saturated rings. The van der Waals surface area contributed by atoms with Crippen LogP contribution >= 0.6 is 34.0 Å². The minimum atomic E-state index is -0.556. The molecule has 4 aromatic heterocycles. The van der Waals surface area contributed by atoms with Gasteiger partial charge in [-0.1, -0.05) is 35.6 Å². The van der Waals surface area contributed by atoms with Crippen molar-refractivity contribution in [1.82, 2.24) is 9.55 Å². The first-order valence-corrected chi connectivity index (χ1v) is 11.2. The summed E-state index contributed by atoms with van der Waals surface area (Å²) in [5.41, 5.74) is 1.90. The highest BCUT2D eigenvalue weighted by molar-refractivity contribution is 7.24. The molecule has 0 aliphatic rings. The van der Waals surface area contributed by atoms with E-state index in [1.807, 2.05) is 35.0 Å². The quantitative estimate of drug-likeness (QED) is 0.411. The normalized spacial score (nSPS) is 11.2. The fourth-order valence-electron chi connectivity index (χ4n) is 2.99. The molecule has 0 aliphatic heterocycles. The molecule has 1 aromatic carbocycles. The molecule has 5 aromatic rings. The van der Waals surface area contributed by atoms with Gasteiger partial charge in [-0.3, -0.25) is 9.36 Å². The van der Waals surface area contributed by atoms with Crippen LogP contribution in [0.1, 0.15) is 0 Å². The van der Waals surface area contributed by atoms with Crippen molar-refractivity contribution in [3.8, 4) is 20.3 Å².